The van der Waals surface area contributed by atoms with Crippen molar-refractivity contribution in [2.45, 2.75) is 26.3 Å². The molecular formula is C14H18FNO3. The van der Waals surface area contributed by atoms with Crippen LogP contribution in [0.15, 0.2) is 18.2 Å². The lowest BCUT2D eigenvalue weighted by atomic mass is 9.80. The number of likely N-dealkylation sites (tertiary alicyclic amines) is 1. The third-order valence-corrected chi connectivity index (χ3v) is 3.89. The molecule has 0 unspecified atom stereocenters. The van der Waals surface area contributed by atoms with Crippen LogP contribution in [0.5, 0.6) is 5.75 Å². The summed E-state index contributed by atoms with van der Waals surface area (Å²) in [4.78, 5) is 13.2. The van der Waals surface area contributed by atoms with E-state index in [9.17, 15) is 9.18 Å². The van der Waals surface area contributed by atoms with Crippen molar-refractivity contribution < 1.29 is 19.4 Å². The second-order valence-electron chi connectivity index (χ2n) is 5.43. The van der Waals surface area contributed by atoms with Crippen molar-refractivity contribution in [1.82, 2.24) is 4.90 Å². The van der Waals surface area contributed by atoms with Crippen LogP contribution in [0.3, 0.4) is 0 Å². The molecule has 0 radical (unpaired) electrons. The standard InChI is InChI=1S/C14H18FNO3/c1-14(13(18)19)4-6-16(7-5-14)9-10-2-3-12(17)11(15)8-10/h2-3,8,17H,4-7,9H2,1H3,(H,18,19). The highest BCUT2D eigenvalue weighted by Crippen LogP contribution is 2.31. The van der Waals surface area contributed by atoms with E-state index in [1.54, 1.807) is 13.0 Å². The first kappa shape index (κ1) is 13.8. The number of aromatic hydroxyl groups is 1. The summed E-state index contributed by atoms with van der Waals surface area (Å²) in [5.41, 5.74) is 0.144. The van der Waals surface area contributed by atoms with Crippen LogP contribution < -0.4 is 0 Å². The van der Waals surface area contributed by atoms with Crippen molar-refractivity contribution in [1.29, 1.82) is 0 Å². The third-order valence-electron chi connectivity index (χ3n) is 3.89. The normalized spacial score (nSPS) is 19.3. The second kappa shape index (κ2) is 5.17. The zero-order valence-electron chi connectivity index (χ0n) is 10.9. The van der Waals surface area contributed by atoms with Crippen molar-refractivity contribution in [3.63, 3.8) is 0 Å². The van der Waals surface area contributed by atoms with Gasteiger partial charge >= 0.3 is 5.97 Å². The molecule has 5 heteroatoms. The van der Waals surface area contributed by atoms with Gasteiger partial charge in [0.2, 0.25) is 0 Å². The van der Waals surface area contributed by atoms with Gasteiger partial charge in [-0.2, -0.15) is 0 Å². The van der Waals surface area contributed by atoms with Gasteiger partial charge in [0.05, 0.1) is 5.41 Å². The van der Waals surface area contributed by atoms with Gasteiger partial charge in [-0.1, -0.05) is 6.07 Å². The predicted molar refractivity (Wildman–Crippen MR) is 68.3 cm³/mol. The second-order valence-corrected chi connectivity index (χ2v) is 5.43. The van der Waals surface area contributed by atoms with Crippen molar-refractivity contribution in [3.8, 4) is 5.75 Å². The molecule has 2 rings (SSSR count). The molecule has 2 N–H and O–H groups in total. The molecule has 1 heterocycles. The van der Waals surface area contributed by atoms with Crippen LogP contribution in [0.4, 0.5) is 4.39 Å². The highest BCUT2D eigenvalue weighted by atomic mass is 19.1. The largest absolute Gasteiger partial charge is 0.505 e. The van der Waals surface area contributed by atoms with Gasteiger partial charge in [-0.3, -0.25) is 9.69 Å². The van der Waals surface area contributed by atoms with E-state index < -0.39 is 17.2 Å². The number of carbonyl (C=O) groups is 1. The molecule has 1 aromatic rings. The average molecular weight is 267 g/mol. The van der Waals surface area contributed by atoms with Crippen molar-refractivity contribution in [2.75, 3.05) is 13.1 Å². The van der Waals surface area contributed by atoms with Gasteiger partial charge in [-0.15, -0.1) is 0 Å². The summed E-state index contributed by atoms with van der Waals surface area (Å²) in [6, 6.07) is 4.35. The maximum Gasteiger partial charge on any atom is 0.309 e. The molecule has 0 amide bonds. The minimum Gasteiger partial charge on any atom is -0.505 e. The molecule has 0 aromatic heterocycles. The van der Waals surface area contributed by atoms with Crippen molar-refractivity contribution >= 4 is 5.97 Å². The molecule has 0 saturated carbocycles. The summed E-state index contributed by atoms with van der Waals surface area (Å²) < 4.78 is 13.2. The molecule has 19 heavy (non-hydrogen) atoms. The molecule has 4 nitrogen and oxygen atoms in total. The average Bonchev–Trinajstić information content (AvgIpc) is 2.37. The Morgan fingerprint density at radius 3 is 2.58 bits per heavy atom. The van der Waals surface area contributed by atoms with Crippen LogP contribution in [0.1, 0.15) is 25.3 Å². The number of rotatable bonds is 3. The van der Waals surface area contributed by atoms with E-state index in [0.717, 1.165) is 5.56 Å². The highest BCUT2D eigenvalue weighted by Gasteiger charge is 2.36. The number of hydrogen-bond donors (Lipinski definition) is 2. The first-order valence-electron chi connectivity index (χ1n) is 6.34. The van der Waals surface area contributed by atoms with Gasteiger partial charge in [-0.25, -0.2) is 4.39 Å². The van der Waals surface area contributed by atoms with Crippen LogP contribution in [-0.2, 0) is 11.3 Å². The van der Waals surface area contributed by atoms with Crippen LogP contribution in [0.2, 0.25) is 0 Å². The molecule has 1 aliphatic rings. The lowest BCUT2D eigenvalue weighted by Gasteiger charge is -2.36. The third kappa shape index (κ3) is 3.04. The van der Waals surface area contributed by atoms with Crippen molar-refractivity contribution in [3.05, 3.63) is 29.6 Å². The number of benzene rings is 1. The number of phenols is 1. The number of piperidine rings is 1. The first-order chi connectivity index (χ1) is 8.90. The Balaban J connectivity index is 1.95. The summed E-state index contributed by atoms with van der Waals surface area (Å²) in [7, 11) is 0. The van der Waals surface area contributed by atoms with E-state index in [-0.39, 0.29) is 5.75 Å². The van der Waals surface area contributed by atoms with Crippen LogP contribution in [0, 0.1) is 11.2 Å². The lowest BCUT2D eigenvalue weighted by Crippen LogP contribution is -2.42. The minimum absolute atomic E-state index is 0.346. The maximum absolute atomic E-state index is 13.2. The van der Waals surface area contributed by atoms with Gasteiger partial charge in [0.1, 0.15) is 0 Å². The van der Waals surface area contributed by atoms with Gasteiger partial charge in [0.25, 0.3) is 0 Å². The molecule has 0 bridgehead atoms. The number of carboxylic acids is 1. The fourth-order valence-corrected chi connectivity index (χ4v) is 2.33. The maximum atomic E-state index is 13.2. The molecule has 0 aliphatic carbocycles. The smallest absolute Gasteiger partial charge is 0.309 e. The summed E-state index contributed by atoms with van der Waals surface area (Å²) in [6.07, 6.45) is 1.20. The zero-order chi connectivity index (χ0) is 14.0. The molecule has 1 fully saturated rings. The Morgan fingerprint density at radius 2 is 2.05 bits per heavy atom. The monoisotopic (exact) mass is 267 g/mol. The van der Waals surface area contributed by atoms with Crippen LogP contribution in [-0.4, -0.2) is 34.2 Å². The van der Waals surface area contributed by atoms with Crippen molar-refractivity contribution in [2.24, 2.45) is 5.41 Å². The Morgan fingerprint density at radius 1 is 1.42 bits per heavy atom. The molecular weight excluding hydrogens is 249 g/mol. The Kier molecular flexibility index (Phi) is 3.75. The Bertz CT molecular complexity index is 482. The molecule has 104 valence electrons. The Hall–Kier alpha value is -1.62. The summed E-state index contributed by atoms with van der Waals surface area (Å²) in [5, 5.41) is 18.3. The summed E-state index contributed by atoms with van der Waals surface area (Å²) >= 11 is 0. The Labute approximate surface area is 111 Å². The number of aliphatic carboxylic acids is 1. The van der Waals surface area contributed by atoms with Crippen LogP contribution >= 0.6 is 0 Å². The van der Waals surface area contributed by atoms with E-state index in [0.29, 0.717) is 32.5 Å². The van der Waals surface area contributed by atoms with Gasteiger partial charge < -0.3 is 10.2 Å². The number of carboxylic acid groups (broad SMARTS) is 1. The van der Waals surface area contributed by atoms with E-state index in [4.69, 9.17) is 10.2 Å². The van der Waals surface area contributed by atoms with Gasteiger partial charge in [-0.05, 0) is 50.6 Å². The van der Waals surface area contributed by atoms with E-state index >= 15 is 0 Å². The molecule has 0 atom stereocenters. The highest BCUT2D eigenvalue weighted by molar-refractivity contribution is 5.74. The van der Waals surface area contributed by atoms with Gasteiger partial charge in [0, 0.05) is 6.54 Å². The zero-order valence-corrected chi connectivity index (χ0v) is 10.9. The first-order valence-corrected chi connectivity index (χ1v) is 6.34. The van der Waals surface area contributed by atoms with E-state index in [1.165, 1.54) is 12.1 Å². The molecule has 1 aromatic carbocycles. The number of nitrogens with zero attached hydrogens (tertiary/aromatic N) is 1. The molecule has 1 aliphatic heterocycles. The minimum atomic E-state index is -0.747. The number of phenolic OH excluding ortho intramolecular Hbond substituents is 1. The van der Waals surface area contributed by atoms with Crippen LogP contribution in [0.25, 0.3) is 0 Å². The quantitative estimate of drug-likeness (QED) is 0.881. The topological polar surface area (TPSA) is 60.8 Å². The van der Waals surface area contributed by atoms with Gasteiger partial charge in [0.15, 0.2) is 11.6 Å². The fraction of sp³-hybridized carbons (Fsp3) is 0.500. The SMILES string of the molecule is CC1(C(=O)O)CCN(Cc2ccc(O)c(F)c2)CC1. The lowest BCUT2D eigenvalue weighted by molar-refractivity contribution is -0.150. The molecule has 0 spiro atoms. The number of halogens is 1. The summed E-state index contributed by atoms with van der Waals surface area (Å²) in [5.74, 6) is -1.71. The van der Waals surface area contributed by atoms with E-state index in [2.05, 4.69) is 4.90 Å². The number of hydrogen-bond acceptors (Lipinski definition) is 3. The molecule has 1 saturated heterocycles. The predicted octanol–water partition coefficient (Wildman–Crippen LogP) is 2.22. The van der Waals surface area contributed by atoms with E-state index in [1.807, 2.05) is 0 Å². The fourth-order valence-electron chi connectivity index (χ4n) is 2.33. The summed E-state index contributed by atoms with van der Waals surface area (Å²) in [6.45, 7) is 3.72.